The van der Waals surface area contributed by atoms with Gasteiger partial charge >= 0.3 is 0 Å². The number of carbonyl (C=O) groups is 1. The molecule has 3 rings (SSSR count). The molecule has 0 unspecified atom stereocenters. The Labute approximate surface area is 134 Å². The third kappa shape index (κ3) is 3.14. The second kappa shape index (κ2) is 6.49. The number of nitrogens with zero attached hydrogens (tertiary/aromatic N) is 1. The molecular weight excluding hydrogens is 301 g/mol. The lowest BCUT2D eigenvalue weighted by Crippen LogP contribution is -2.32. The largest absolute Gasteiger partial charge is 0.335 e. The summed E-state index contributed by atoms with van der Waals surface area (Å²) in [4.78, 5) is 14.4. The lowest BCUT2D eigenvalue weighted by Gasteiger charge is -2.26. The number of amides is 1. The molecule has 0 bridgehead atoms. The van der Waals surface area contributed by atoms with Crippen LogP contribution in [0.15, 0.2) is 48.5 Å². The van der Waals surface area contributed by atoms with E-state index in [2.05, 4.69) is 0 Å². The fraction of sp³-hybridized carbons (Fsp3) is 0.278. The average Bonchev–Trinajstić information content (AvgIpc) is 2.97. The van der Waals surface area contributed by atoms with Crippen LogP contribution in [0.2, 0.25) is 5.02 Å². The predicted molar refractivity (Wildman–Crippen MR) is 85.2 cm³/mol. The molecule has 2 aromatic carbocycles. The number of halogens is 2. The van der Waals surface area contributed by atoms with E-state index in [1.54, 1.807) is 12.1 Å². The first kappa shape index (κ1) is 15.0. The molecule has 114 valence electrons. The molecule has 0 saturated carbocycles. The highest BCUT2D eigenvalue weighted by molar-refractivity contribution is 6.31. The molecular formula is C18H17ClFNO. The second-order valence-electron chi connectivity index (χ2n) is 5.57. The molecule has 0 radical (unpaired) electrons. The fourth-order valence-corrected chi connectivity index (χ4v) is 3.32. The number of benzene rings is 2. The maximum absolute atomic E-state index is 13.2. The Morgan fingerprint density at radius 3 is 2.82 bits per heavy atom. The highest BCUT2D eigenvalue weighted by Gasteiger charge is 2.30. The number of hydrogen-bond donors (Lipinski definition) is 0. The Morgan fingerprint density at radius 2 is 2.05 bits per heavy atom. The molecule has 1 aliphatic heterocycles. The summed E-state index contributed by atoms with van der Waals surface area (Å²) in [5.74, 6) is -0.289. The number of carbonyl (C=O) groups excluding carboxylic acids is 1. The van der Waals surface area contributed by atoms with Gasteiger partial charge in [0.15, 0.2) is 0 Å². The Bertz CT molecular complexity index is 688. The summed E-state index contributed by atoms with van der Waals surface area (Å²) in [6, 6.07) is 13.9. The van der Waals surface area contributed by atoms with Gasteiger partial charge in [0.1, 0.15) is 5.82 Å². The summed E-state index contributed by atoms with van der Waals surface area (Å²) in [7, 11) is 0. The summed E-state index contributed by atoms with van der Waals surface area (Å²) < 4.78 is 13.2. The van der Waals surface area contributed by atoms with E-state index in [4.69, 9.17) is 11.6 Å². The molecule has 22 heavy (non-hydrogen) atoms. The van der Waals surface area contributed by atoms with Gasteiger partial charge in [-0.15, -0.1) is 0 Å². The zero-order chi connectivity index (χ0) is 15.5. The molecule has 1 aliphatic rings. The second-order valence-corrected chi connectivity index (χ2v) is 5.98. The van der Waals surface area contributed by atoms with Crippen molar-refractivity contribution in [3.63, 3.8) is 0 Å². The van der Waals surface area contributed by atoms with Gasteiger partial charge in [-0.2, -0.15) is 0 Å². The number of likely N-dealkylation sites (tertiary alicyclic amines) is 1. The molecule has 2 nitrogen and oxygen atoms in total. The Balaban J connectivity index is 1.78. The van der Waals surface area contributed by atoms with E-state index >= 15 is 0 Å². The van der Waals surface area contributed by atoms with Crippen LogP contribution in [0.3, 0.4) is 0 Å². The van der Waals surface area contributed by atoms with Crippen molar-refractivity contribution in [2.75, 3.05) is 6.54 Å². The molecule has 0 N–H and O–H groups in total. The van der Waals surface area contributed by atoms with Crippen LogP contribution in [-0.2, 0) is 11.2 Å². The van der Waals surface area contributed by atoms with Crippen LogP contribution in [0.25, 0.3) is 0 Å². The summed E-state index contributed by atoms with van der Waals surface area (Å²) in [5, 5.41) is 0.693. The third-order valence-electron chi connectivity index (χ3n) is 4.08. The lowest BCUT2D eigenvalue weighted by molar-refractivity contribution is -0.131. The molecule has 0 spiro atoms. The number of hydrogen-bond acceptors (Lipinski definition) is 1. The lowest BCUT2D eigenvalue weighted by atomic mass is 10.0. The van der Waals surface area contributed by atoms with E-state index in [0.717, 1.165) is 24.9 Å². The average molecular weight is 318 g/mol. The first-order valence-corrected chi connectivity index (χ1v) is 7.81. The first-order valence-electron chi connectivity index (χ1n) is 7.43. The van der Waals surface area contributed by atoms with Gasteiger partial charge in [0.05, 0.1) is 12.5 Å². The Kier molecular flexibility index (Phi) is 4.44. The van der Waals surface area contributed by atoms with E-state index in [9.17, 15) is 9.18 Å². The molecule has 4 heteroatoms. The summed E-state index contributed by atoms with van der Waals surface area (Å²) >= 11 is 6.27. The zero-order valence-corrected chi connectivity index (χ0v) is 12.9. The molecule has 1 saturated heterocycles. The zero-order valence-electron chi connectivity index (χ0n) is 12.1. The molecule has 1 fully saturated rings. The monoisotopic (exact) mass is 317 g/mol. The van der Waals surface area contributed by atoms with Gasteiger partial charge < -0.3 is 4.90 Å². The summed E-state index contributed by atoms with van der Waals surface area (Å²) in [5.41, 5.74) is 1.70. The minimum Gasteiger partial charge on any atom is -0.335 e. The van der Waals surface area contributed by atoms with Crippen molar-refractivity contribution in [2.45, 2.75) is 25.3 Å². The van der Waals surface area contributed by atoms with Crippen LogP contribution in [0.1, 0.15) is 30.0 Å². The van der Waals surface area contributed by atoms with E-state index in [-0.39, 0.29) is 24.2 Å². The van der Waals surface area contributed by atoms with E-state index < -0.39 is 0 Å². The molecule has 0 aromatic heterocycles. The van der Waals surface area contributed by atoms with Gasteiger partial charge in [0, 0.05) is 11.6 Å². The SMILES string of the molecule is O=C(Cc1cccc(F)c1)N1CCC[C@@H]1c1ccccc1Cl. The van der Waals surface area contributed by atoms with Crippen molar-refractivity contribution in [3.05, 3.63) is 70.5 Å². The van der Waals surface area contributed by atoms with Gasteiger partial charge in [-0.25, -0.2) is 4.39 Å². The van der Waals surface area contributed by atoms with E-state index in [1.807, 2.05) is 29.2 Å². The summed E-state index contributed by atoms with van der Waals surface area (Å²) in [6.45, 7) is 0.726. The van der Waals surface area contributed by atoms with Gasteiger partial charge in [-0.1, -0.05) is 41.9 Å². The van der Waals surface area contributed by atoms with E-state index in [0.29, 0.717) is 10.6 Å². The molecule has 1 heterocycles. The van der Waals surface area contributed by atoms with Crippen molar-refractivity contribution in [1.29, 1.82) is 0 Å². The van der Waals surface area contributed by atoms with Crippen LogP contribution in [0.5, 0.6) is 0 Å². The van der Waals surface area contributed by atoms with Gasteiger partial charge in [-0.3, -0.25) is 4.79 Å². The maximum Gasteiger partial charge on any atom is 0.227 e. The van der Waals surface area contributed by atoms with Crippen LogP contribution >= 0.6 is 11.6 Å². The molecule has 0 aliphatic carbocycles. The molecule has 1 atom stereocenters. The highest BCUT2D eigenvalue weighted by atomic mass is 35.5. The van der Waals surface area contributed by atoms with Crippen molar-refractivity contribution < 1.29 is 9.18 Å². The topological polar surface area (TPSA) is 20.3 Å². The van der Waals surface area contributed by atoms with Gasteiger partial charge in [0.2, 0.25) is 5.91 Å². The third-order valence-corrected chi connectivity index (χ3v) is 4.43. The quantitative estimate of drug-likeness (QED) is 0.822. The van der Waals surface area contributed by atoms with Crippen molar-refractivity contribution >= 4 is 17.5 Å². The maximum atomic E-state index is 13.2. The standard InChI is InChI=1S/C18H17ClFNO/c19-16-8-2-1-7-15(16)17-9-4-10-21(17)18(22)12-13-5-3-6-14(20)11-13/h1-3,5-8,11,17H,4,9-10,12H2/t17-/m1/s1. The van der Waals surface area contributed by atoms with Crippen LogP contribution < -0.4 is 0 Å². The van der Waals surface area contributed by atoms with E-state index in [1.165, 1.54) is 12.1 Å². The number of rotatable bonds is 3. The molecule has 1 amide bonds. The highest BCUT2D eigenvalue weighted by Crippen LogP contribution is 2.35. The summed E-state index contributed by atoms with van der Waals surface area (Å²) in [6.07, 6.45) is 2.10. The fourth-order valence-electron chi connectivity index (χ4n) is 3.06. The smallest absolute Gasteiger partial charge is 0.227 e. The van der Waals surface area contributed by atoms with Crippen LogP contribution in [-0.4, -0.2) is 17.4 Å². The molecule has 2 aromatic rings. The normalized spacial score (nSPS) is 17.7. The minimum atomic E-state index is -0.311. The van der Waals surface area contributed by atoms with Crippen molar-refractivity contribution in [3.8, 4) is 0 Å². The Hall–Kier alpha value is -1.87. The minimum absolute atomic E-state index is 0.0213. The van der Waals surface area contributed by atoms with Crippen molar-refractivity contribution in [1.82, 2.24) is 4.90 Å². The first-order chi connectivity index (χ1) is 10.6. The van der Waals surface area contributed by atoms with Crippen LogP contribution in [0, 0.1) is 5.82 Å². The van der Waals surface area contributed by atoms with Crippen molar-refractivity contribution in [2.24, 2.45) is 0 Å². The predicted octanol–water partition coefficient (Wildman–Crippen LogP) is 4.39. The van der Waals surface area contributed by atoms with Gasteiger partial charge in [-0.05, 0) is 42.2 Å². The van der Waals surface area contributed by atoms with Gasteiger partial charge in [0.25, 0.3) is 0 Å². The van der Waals surface area contributed by atoms with Crippen LogP contribution in [0.4, 0.5) is 4.39 Å². The Morgan fingerprint density at radius 1 is 1.23 bits per heavy atom.